The van der Waals surface area contributed by atoms with Crippen LogP contribution in [0.25, 0.3) is 21.6 Å². The van der Waals surface area contributed by atoms with Crippen LogP contribution in [0.2, 0.25) is 5.15 Å². The summed E-state index contributed by atoms with van der Waals surface area (Å²) in [5.41, 5.74) is 2.30. The van der Waals surface area contributed by atoms with E-state index < -0.39 is 24.5 Å². The number of pyridine rings is 2. The van der Waals surface area contributed by atoms with E-state index in [1.165, 1.54) is 30.6 Å². The van der Waals surface area contributed by atoms with E-state index in [1.807, 2.05) is 0 Å². The third-order valence-corrected chi connectivity index (χ3v) is 6.91. The first-order chi connectivity index (χ1) is 17.6. The molecule has 0 radical (unpaired) electrons. The molecule has 1 saturated heterocycles. The number of aryl methyl sites for hydroxylation is 1. The smallest absolute Gasteiger partial charge is 0.290 e. The number of aliphatic hydroxyl groups excluding tert-OH is 1. The van der Waals surface area contributed by atoms with Crippen LogP contribution in [0.5, 0.6) is 5.75 Å². The summed E-state index contributed by atoms with van der Waals surface area (Å²) < 4.78 is 33.4. The molecular formula is C23H20ClF2N7O3S. The van der Waals surface area contributed by atoms with Gasteiger partial charge in [-0.3, -0.25) is 15.1 Å². The molecule has 0 saturated carbocycles. The van der Waals surface area contributed by atoms with E-state index in [0.717, 1.165) is 11.3 Å². The molecule has 0 aromatic carbocycles. The van der Waals surface area contributed by atoms with Gasteiger partial charge in [0.2, 0.25) is 0 Å². The molecule has 0 bridgehead atoms. The van der Waals surface area contributed by atoms with Crippen molar-refractivity contribution in [3.63, 3.8) is 0 Å². The van der Waals surface area contributed by atoms with E-state index >= 15 is 0 Å². The Hall–Kier alpha value is -3.55. The number of nitrogens with one attached hydrogen (secondary N) is 1. The number of carbonyl (C=O) groups is 1. The van der Waals surface area contributed by atoms with Crippen LogP contribution in [0.15, 0.2) is 30.7 Å². The van der Waals surface area contributed by atoms with Gasteiger partial charge < -0.3 is 14.7 Å². The Morgan fingerprint density at radius 3 is 2.78 bits per heavy atom. The van der Waals surface area contributed by atoms with Crippen molar-refractivity contribution in [2.24, 2.45) is 0 Å². The number of thiazole rings is 1. The van der Waals surface area contributed by atoms with Crippen molar-refractivity contribution in [2.45, 2.75) is 25.4 Å². The minimum atomic E-state index is -3.25. The van der Waals surface area contributed by atoms with Gasteiger partial charge in [-0.1, -0.05) is 22.9 Å². The predicted octanol–water partition coefficient (Wildman–Crippen LogP) is 3.97. The zero-order chi connectivity index (χ0) is 26.3. The SMILES string of the molecule is COc1cnc(Cl)cc1-c1cc(C)ncc1C(=O)Nc1nc2ncc(N3CCC(O)C(F)(F)C3)nc2s1. The Morgan fingerprint density at radius 1 is 1.22 bits per heavy atom. The van der Waals surface area contributed by atoms with Gasteiger partial charge in [-0.25, -0.2) is 23.7 Å². The van der Waals surface area contributed by atoms with Crippen LogP contribution in [-0.2, 0) is 0 Å². The third kappa shape index (κ3) is 5.02. The van der Waals surface area contributed by atoms with Gasteiger partial charge in [-0.15, -0.1) is 0 Å². The maximum absolute atomic E-state index is 14.0. The van der Waals surface area contributed by atoms with E-state index in [1.54, 1.807) is 19.1 Å². The number of nitrogens with zero attached hydrogens (tertiary/aromatic N) is 6. The van der Waals surface area contributed by atoms with Crippen molar-refractivity contribution in [1.29, 1.82) is 0 Å². The summed E-state index contributed by atoms with van der Waals surface area (Å²) >= 11 is 7.16. The van der Waals surface area contributed by atoms with Gasteiger partial charge in [0.05, 0.1) is 31.6 Å². The highest BCUT2D eigenvalue weighted by atomic mass is 35.5. The summed E-state index contributed by atoms with van der Waals surface area (Å²) in [6.45, 7) is 1.34. The summed E-state index contributed by atoms with van der Waals surface area (Å²) in [5.74, 6) is -3.06. The van der Waals surface area contributed by atoms with Crippen molar-refractivity contribution in [3.8, 4) is 16.9 Å². The Labute approximate surface area is 218 Å². The zero-order valence-corrected chi connectivity index (χ0v) is 21.1. The molecule has 2 N–H and O–H groups in total. The number of alkyl halides is 2. The van der Waals surface area contributed by atoms with Crippen LogP contribution in [0.4, 0.5) is 19.7 Å². The van der Waals surface area contributed by atoms with E-state index in [2.05, 4.69) is 30.2 Å². The number of amides is 1. The fraction of sp³-hybridized carbons (Fsp3) is 0.304. The number of rotatable bonds is 5. The Kier molecular flexibility index (Phi) is 6.60. The van der Waals surface area contributed by atoms with Gasteiger partial charge in [-0.05, 0) is 25.5 Å². The van der Waals surface area contributed by atoms with Gasteiger partial charge in [0, 0.05) is 29.6 Å². The number of ether oxygens (including phenoxy) is 1. The van der Waals surface area contributed by atoms with Crippen LogP contribution in [0.3, 0.4) is 0 Å². The van der Waals surface area contributed by atoms with Crippen LogP contribution >= 0.6 is 22.9 Å². The summed E-state index contributed by atoms with van der Waals surface area (Å²) in [5, 5.41) is 12.7. The first-order valence-electron chi connectivity index (χ1n) is 11.1. The lowest BCUT2D eigenvalue weighted by Crippen LogP contribution is -2.51. The molecule has 5 rings (SSSR count). The minimum absolute atomic E-state index is 0.0862. The van der Waals surface area contributed by atoms with Crippen molar-refractivity contribution in [2.75, 3.05) is 30.4 Å². The normalized spacial score (nSPS) is 17.1. The molecule has 1 unspecified atom stereocenters. The Morgan fingerprint density at radius 2 is 2.03 bits per heavy atom. The molecule has 10 nitrogen and oxygen atoms in total. The van der Waals surface area contributed by atoms with E-state index in [0.29, 0.717) is 27.4 Å². The molecular weight excluding hydrogens is 528 g/mol. The lowest BCUT2D eigenvalue weighted by molar-refractivity contribution is -0.113. The Bertz CT molecular complexity index is 1500. The summed E-state index contributed by atoms with van der Waals surface area (Å²) in [4.78, 5) is 36.2. The molecule has 37 heavy (non-hydrogen) atoms. The highest BCUT2D eigenvalue weighted by Crippen LogP contribution is 2.35. The van der Waals surface area contributed by atoms with Gasteiger partial charge in [0.25, 0.3) is 11.8 Å². The fourth-order valence-electron chi connectivity index (χ4n) is 3.96. The number of anilines is 2. The maximum Gasteiger partial charge on any atom is 0.290 e. The number of halogens is 3. The second-order valence-electron chi connectivity index (χ2n) is 8.40. The van der Waals surface area contributed by atoms with Crippen LogP contribution < -0.4 is 15.0 Å². The molecule has 1 atom stereocenters. The fourth-order valence-corrected chi connectivity index (χ4v) is 4.91. The summed E-state index contributed by atoms with van der Waals surface area (Å²) in [6, 6.07) is 3.34. The highest BCUT2D eigenvalue weighted by Gasteiger charge is 2.44. The number of hydrogen-bond acceptors (Lipinski definition) is 10. The second kappa shape index (κ2) is 9.72. The standard InChI is InChI=1S/C23H20ClF2N7O3S/c1-11-5-12(13-6-17(24)28-8-15(13)36-2)14(7-27-11)20(35)32-22-31-19-21(37-22)30-18(9-29-19)33-4-3-16(34)23(25,26)10-33/h5-9,16,34H,3-4,10H2,1-2H3,(H,29,31,32,35). The minimum Gasteiger partial charge on any atom is -0.494 e. The van der Waals surface area contributed by atoms with Crippen molar-refractivity contribution in [1.82, 2.24) is 24.9 Å². The summed E-state index contributed by atoms with van der Waals surface area (Å²) in [7, 11) is 1.49. The van der Waals surface area contributed by atoms with Crippen LogP contribution in [0, 0.1) is 6.92 Å². The van der Waals surface area contributed by atoms with Gasteiger partial charge in [0.1, 0.15) is 22.8 Å². The largest absolute Gasteiger partial charge is 0.494 e. The van der Waals surface area contributed by atoms with Gasteiger partial charge in [0.15, 0.2) is 15.6 Å². The molecule has 1 aliphatic rings. The van der Waals surface area contributed by atoms with Crippen molar-refractivity contribution >= 4 is 50.3 Å². The van der Waals surface area contributed by atoms with E-state index in [-0.39, 0.29) is 40.3 Å². The zero-order valence-electron chi connectivity index (χ0n) is 19.6. The number of aliphatic hydroxyl groups is 1. The van der Waals surface area contributed by atoms with Crippen molar-refractivity contribution < 1.29 is 23.4 Å². The average molecular weight is 548 g/mol. The lowest BCUT2D eigenvalue weighted by Gasteiger charge is -2.36. The van der Waals surface area contributed by atoms with Crippen molar-refractivity contribution in [3.05, 3.63) is 47.1 Å². The number of aromatic nitrogens is 5. The number of fused-ring (bicyclic) bond motifs is 1. The predicted molar refractivity (Wildman–Crippen MR) is 135 cm³/mol. The molecule has 5 heterocycles. The van der Waals surface area contributed by atoms with Crippen LogP contribution in [-0.4, -0.2) is 68.2 Å². The third-order valence-electron chi connectivity index (χ3n) is 5.85. The number of carbonyl (C=O) groups excluding carboxylic acids is 1. The quantitative estimate of drug-likeness (QED) is 0.357. The molecule has 0 spiro atoms. The van der Waals surface area contributed by atoms with E-state index in [9.17, 15) is 18.7 Å². The molecule has 0 aliphatic carbocycles. The van der Waals surface area contributed by atoms with Gasteiger partial charge in [-0.2, -0.15) is 4.98 Å². The first kappa shape index (κ1) is 25.1. The molecule has 4 aromatic heterocycles. The molecule has 192 valence electrons. The van der Waals surface area contributed by atoms with Gasteiger partial charge >= 0.3 is 0 Å². The van der Waals surface area contributed by atoms with E-state index in [4.69, 9.17) is 16.3 Å². The van der Waals surface area contributed by atoms with Crippen LogP contribution in [0.1, 0.15) is 22.5 Å². The molecule has 14 heteroatoms. The second-order valence-corrected chi connectivity index (χ2v) is 9.76. The number of hydrogen-bond donors (Lipinski definition) is 2. The molecule has 1 aliphatic heterocycles. The maximum atomic E-state index is 14.0. The monoisotopic (exact) mass is 547 g/mol. The average Bonchev–Trinajstić information content (AvgIpc) is 3.26. The number of piperidine rings is 1. The Balaban J connectivity index is 1.43. The molecule has 1 amide bonds. The first-order valence-corrected chi connectivity index (χ1v) is 12.3. The number of methoxy groups -OCH3 is 1. The topological polar surface area (TPSA) is 126 Å². The molecule has 4 aromatic rings. The lowest BCUT2D eigenvalue weighted by atomic mass is 10.0. The molecule has 1 fully saturated rings. The highest BCUT2D eigenvalue weighted by molar-refractivity contribution is 7.21. The summed E-state index contributed by atoms with van der Waals surface area (Å²) in [6.07, 6.45) is 2.49.